The molecular formula is C12H6FNO3S. The summed E-state index contributed by atoms with van der Waals surface area (Å²) in [5.74, 6) is -1.23. The van der Waals surface area contributed by atoms with E-state index in [1.807, 2.05) is 0 Å². The van der Waals surface area contributed by atoms with Crippen LogP contribution in [-0.2, 0) is 0 Å². The van der Waals surface area contributed by atoms with Crippen molar-refractivity contribution in [1.29, 1.82) is 0 Å². The van der Waals surface area contributed by atoms with Crippen LogP contribution in [-0.4, -0.2) is 16.2 Å². The predicted octanol–water partition coefficient (Wildman–Crippen LogP) is 3.39. The molecule has 1 aromatic carbocycles. The molecule has 0 radical (unpaired) electrons. The third-order valence-corrected chi connectivity index (χ3v) is 3.60. The minimum Gasteiger partial charge on any atom is -0.477 e. The molecule has 0 unspecified atom stereocenters. The Morgan fingerprint density at radius 2 is 2.22 bits per heavy atom. The van der Waals surface area contributed by atoms with Crippen LogP contribution in [0.2, 0.25) is 0 Å². The summed E-state index contributed by atoms with van der Waals surface area (Å²) in [7, 11) is 0. The van der Waals surface area contributed by atoms with E-state index in [1.54, 1.807) is 12.1 Å². The van der Waals surface area contributed by atoms with Crippen LogP contribution in [0.4, 0.5) is 4.39 Å². The van der Waals surface area contributed by atoms with E-state index < -0.39 is 5.97 Å². The number of rotatable bonds is 2. The van der Waals surface area contributed by atoms with Gasteiger partial charge >= 0.3 is 5.97 Å². The van der Waals surface area contributed by atoms with Crippen LogP contribution < -0.4 is 0 Å². The highest BCUT2D eigenvalue weighted by atomic mass is 32.1. The SMILES string of the molecule is O=C(O)c1cnoc1-c1cc2ccc(F)cc2s1. The number of carboxylic acids is 1. The Morgan fingerprint density at radius 3 is 3.00 bits per heavy atom. The number of hydrogen-bond acceptors (Lipinski definition) is 4. The topological polar surface area (TPSA) is 63.3 Å². The quantitative estimate of drug-likeness (QED) is 0.769. The Hall–Kier alpha value is -2.21. The van der Waals surface area contributed by atoms with E-state index in [2.05, 4.69) is 5.16 Å². The fraction of sp³-hybridized carbons (Fsp3) is 0. The molecule has 0 saturated heterocycles. The zero-order valence-electron chi connectivity index (χ0n) is 8.88. The molecule has 0 spiro atoms. The molecule has 0 atom stereocenters. The van der Waals surface area contributed by atoms with Gasteiger partial charge in [-0.15, -0.1) is 11.3 Å². The number of carbonyl (C=O) groups is 1. The maximum absolute atomic E-state index is 13.1. The highest BCUT2D eigenvalue weighted by molar-refractivity contribution is 7.22. The van der Waals surface area contributed by atoms with E-state index in [4.69, 9.17) is 9.63 Å². The van der Waals surface area contributed by atoms with Crippen LogP contribution in [0.1, 0.15) is 10.4 Å². The number of halogens is 1. The van der Waals surface area contributed by atoms with Crippen LogP contribution in [0, 0.1) is 5.82 Å². The molecule has 3 rings (SSSR count). The molecule has 6 heteroatoms. The second-order valence-corrected chi connectivity index (χ2v) is 4.75. The summed E-state index contributed by atoms with van der Waals surface area (Å²) < 4.78 is 18.8. The van der Waals surface area contributed by atoms with Crippen molar-refractivity contribution in [3.8, 4) is 10.6 Å². The van der Waals surface area contributed by atoms with Gasteiger partial charge in [-0.25, -0.2) is 9.18 Å². The standard InChI is InChI=1S/C12H6FNO3S/c13-7-2-1-6-3-10(18-9(6)4-7)11-8(12(15)16)5-14-17-11/h1-5H,(H,15,16). The zero-order valence-corrected chi connectivity index (χ0v) is 9.70. The highest BCUT2D eigenvalue weighted by Gasteiger charge is 2.18. The second kappa shape index (κ2) is 3.92. The smallest absolute Gasteiger partial charge is 0.341 e. The molecule has 0 aliphatic rings. The van der Waals surface area contributed by atoms with Gasteiger partial charge in [-0.3, -0.25) is 0 Å². The molecule has 0 aliphatic heterocycles. The van der Waals surface area contributed by atoms with Gasteiger partial charge in [-0.1, -0.05) is 11.2 Å². The molecule has 0 aliphatic carbocycles. The van der Waals surface area contributed by atoms with Crippen molar-refractivity contribution in [1.82, 2.24) is 5.16 Å². The minimum atomic E-state index is -1.10. The lowest BCUT2D eigenvalue weighted by Crippen LogP contribution is -1.94. The number of fused-ring (bicyclic) bond motifs is 1. The van der Waals surface area contributed by atoms with Gasteiger partial charge in [0.05, 0.1) is 11.1 Å². The third-order valence-electron chi connectivity index (χ3n) is 2.51. The van der Waals surface area contributed by atoms with Crippen molar-refractivity contribution < 1.29 is 18.8 Å². The maximum Gasteiger partial charge on any atom is 0.341 e. The van der Waals surface area contributed by atoms with E-state index in [0.717, 1.165) is 16.3 Å². The lowest BCUT2D eigenvalue weighted by atomic mass is 10.2. The average Bonchev–Trinajstić information content (AvgIpc) is 2.93. The van der Waals surface area contributed by atoms with E-state index in [1.165, 1.54) is 23.5 Å². The number of benzene rings is 1. The largest absolute Gasteiger partial charge is 0.477 e. The van der Waals surface area contributed by atoms with E-state index in [0.29, 0.717) is 4.88 Å². The van der Waals surface area contributed by atoms with Crippen molar-refractivity contribution in [3.05, 3.63) is 41.8 Å². The second-order valence-electron chi connectivity index (χ2n) is 3.67. The number of carboxylic acid groups (broad SMARTS) is 1. The Morgan fingerprint density at radius 1 is 1.39 bits per heavy atom. The van der Waals surface area contributed by atoms with Crippen LogP contribution in [0.25, 0.3) is 20.7 Å². The molecule has 4 nitrogen and oxygen atoms in total. The van der Waals surface area contributed by atoms with Crippen molar-refractivity contribution in [3.63, 3.8) is 0 Å². The fourth-order valence-electron chi connectivity index (χ4n) is 1.69. The molecule has 2 heterocycles. The van der Waals surface area contributed by atoms with Gasteiger partial charge in [-0.05, 0) is 23.6 Å². The number of aromatic nitrogens is 1. The molecule has 0 fully saturated rings. The van der Waals surface area contributed by atoms with Gasteiger partial charge in [-0.2, -0.15) is 0 Å². The third kappa shape index (κ3) is 1.67. The molecule has 3 aromatic rings. The zero-order chi connectivity index (χ0) is 12.7. The summed E-state index contributed by atoms with van der Waals surface area (Å²) in [5, 5.41) is 13.3. The Balaban J connectivity index is 2.19. The van der Waals surface area contributed by atoms with Gasteiger partial charge in [0.15, 0.2) is 5.76 Å². The number of hydrogen-bond donors (Lipinski definition) is 1. The van der Waals surface area contributed by atoms with Crippen LogP contribution in [0.3, 0.4) is 0 Å². The van der Waals surface area contributed by atoms with Gasteiger partial charge in [0.2, 0.25) is 0 Å². The van der Waals surface area contributed by atoms with Gasteiger partial charge in [0.1, 0.15) is 11.4 Å². The summed E-state index contributed by atoms with van der Waals surface area (Å²) in [5.41, 5.74) is 0.00188. The molecule has 0 bridgehead atoms. The molecule has 2 aromatic heterocycles. The van der Waals surface area contributed by atoms with Crippen molar-refractivity contribution in [2.75, 3.05) is 0 Å². The first kappa shape index (κ1) is 10.9. The average molecular weight is 263 g/mol. The summed E-state index contributed by atoms with van der Waals surface area (Å²) in [6.07, 6.45) is 1.16. The van der Waals surface area contributed by atoms with E-state index >= 15 is 0 Å². The van der Waals surface area contributed by atoms with E-state index in [9.17, 15) is 9.18 Å². The molecule has 0 saturated carbocycles. The molecule has 0 amide bonds. The monoisotopic (exact) mass is 263 g/mol. The number of nitrogens with zero attached hydrogens (tertiary/aromatic N) is 1. The summed E-state index contributed by atoms with van der Waals surface area (Å²) >= 11 is 1.26. The van der Waals surface area contributed by atoms with E-state index in [-0.39, 0.29) is 17.1 Å². The lowest BCUT2D eigenvalue weighted by molar-refractivity contribution is 0.0697. The highest BCUT2D eigenvalue weighted by Crippen LogP contribution is 2.35. The summed E-state index contributed by atoms with van der Waals surface area (Å²) in [4.78, 5) is 11.6. The van der Waals surface area contributed by atoms with Gasteiger partial charge < -0.3 is 9.63 Å². The predicted molar refractivity (Wildman–Crippen MR) is 64.2 cm³/mol. The minimum absolute atomic E-state index is 0.00188. The van der Waals surface area contributed by atoms with Crippen molar-refractivity contribution in [2.45, 2.75) is 0 Å². The lowest BCUT2D eigenvalue weighted by Gasteiger charge is -1.90. The normalized spacial score (nSPS) is 10.9. The Kier molecular flexibility index (Phi) is 2.38. The fourth-order valence-corrected chi connectivity index (χ4v) is 2.77. The molecule has 1 N–H and O–H groups in total. The molecule has 90 valence electrons. The number of thiophene rings is 1. The number of aromatic carboxylic acids is 1. The van der Waals surface area contributed by atoms with Crippen LogP contribution in [0.15, 0.2) is 35.0 Å². The molecule has 18 heavy (non-hydrogen) atoms. The van der Waals surface area contributed by atoms with Gasteiger partial charge in [0, 0.05) is 4.70 Å². The van der Waals surface area contributed by atoms with Crippen LogP contribution >= 0.6 is 11.3 Å². The Labute approximate surface area is 104 Å². The summed E-state index contributed by atoms with van der Waals surface area (Å²) in [6, 6.07) is 6.16. The summed E-state index contributed by atoms with van der Waals surface area (Å²) in [6.45, 7) is 0. The first-order valence-electron chi connectivity index (χ1n) is 5.02. The van der Waals surface area contributed by atoms with Crippen molar-refractivity contribution in [2.24, 2.45) is 0 Å². The van der Waals surface area contributed by atoms with Gasteiger partial charge in [0.25, 0.3) is 0 Å². The molecular weight excluding hydrogens is 257 g/mol. The maximum atomic E-state index is 13.1. The first-order chi connectivity index (χ1) is 8.65. The first-order valence-corrected chi connectivity index (χ1v) is 5.84. The van der Waals surface area contributed by atoms with Crippen LogP contribution in [0.5, 0.6) is 0 Å². The van der Waals surface area contributed by atoms with Crippen molar-refractivity contribution >= 4 is 27.4 Å². The Bertz CT molecular complexity index is 747.